The lowest BCUT2D eigenvalue weighted by Crippen LogP contribution is -2.45. The van der Waals surface area contributed by atoms with Crippen molar-refractivity contribution in [2.24, 2.45) is 0 Å². The molecule has 0 radical (unpaired) electrons. The number of nitrogens with one attached hydrogen (secondary N) is 1. The number of carbonyl (C=O) groups excluding carboxylic acids is 1. The number of hydrogen-bond acceptors (Lipinski definition) is 3. The minimum atomic E-state index is -0.649. The van der Waals surface area contributed by atoms with Gasteiger partial charge in [0.05, 0.1) is 18.8 Å². The zero-order valence-corrected chi connectivity index (χ0v) is 24.5. The minimum Gasteiger partial charge on any atom is -0.394 e. The number of hydrogen-bond donors (Lipinski definition) is 3. The lowest BCUT2D eigenvalue weighted by atomic mass is 10.0. The lowest BCUT2D eigenvalue weighted by molar-refractivity contribution is -0.123. The second kappa shape index (κ2) is 29.0. The van der Waals surface area contributed by atoms with Crippen molar-refractivity contribution >= 4 is 5.91 Å². The molecule has 3 N–H and O–H groups in total. The Morgan fingerprint density at radius 3 is 1.25 bits per heavy atom. The average Bonchev–Trinajstić information content (AvgIpc) is 2.88. The Bertz CT molecular complexity index is 443. The van der Waals surface area contributed by atoms with Crippen LogP contribution in [0.3, 0.4) is 0 Å². The van der Waals surface area contributed by atoms with Gasteiger partial charge >= 0.3 is 0 Å². The second-order valence-electron chi connectivity index (χ2n) is 11.2. The summed E-state index contributed by atoms with van der Waals surface area (Å²) in [5, 5.41) is 22.9. The van der Waals surface area contributed by atoms with Crippen LogP contribution in [0.15, 0.2) is 0 Å². The molecule has 0 unspecified atom stereocenters. The van der Waals surface area contributed by atoms with E-state index in [4.69, 9.17) is 0 Å². The van der Waals surface area contributed by atoms with E-state index in [1.807, 2.05) is 0 Å². The normalized spacial score (nSPS) is 13.1. The van der Waals surface area contributed by atoms with Crippen LogP contribution in [-0.4, -0.2) is 34.9 Å². The number of aliphatic hydroxyl groups is 2. The maximum atomic E-state index is 12.2. The predicted molar refractivity (Wildman–Crippen MR) is 156 cm³/mol. The van der Waals surface area contributed by atoms with Crippen molar-refractivity contribution < 1.29 is 15.0 Å². The van der Waals surface area contributed by atoms with E-state index in [1.54, 1.807) is 0 Å². The molecule has 0 rings (SSSR count). The molecule has 0 bridgehead atoms. The van der Waals surface area contributed by atoms with Crippen molar-refractivity contribution in [3.8, 4) is 0 Å². The summed E-state index contributed by atoms with van der Waals surface area (Å²) in [5.74, 6) is -0.0347. The van der Waals surface area contributed by atoms with Gasteiger partial charge in [0.2, 0.25) is 5.91 Å². The Labute approximate surface area is 225 Å². The van der Waals surface area contributed by atoms with E-state index < -0.39 is 12.1 Å². The molecule has 0 fully saturated rings. The van der Waals surface area contributed by atoms with Crippen LogP contribution in [0, 0.1) is 0 Å². The Morgan fingerprint density at radius 1 is 0.556 bits per heavy atom. The monoisotopic (exact) mass is 511 g/mol. The molecule has 1 amide bonds. The van der Waals surface area contributed by atoms with E-state index >= 15 is 0 Å². The fraction of sp³-hybridized carbons (Fsp3) is 0.969. The topological polar surface area (TPSA) is 69.6 Å². The molecule has 0 saturated carbocycles. The molecule has 2 atom stereocenters. The summed E-state index contributed by atoms with van der Waals surface area (Å²) in [6, 6.07) is -0.525. The molecule has 216 valence electrons. The molecule has 0 aromatic carbocycles. The third-order valence-electron chi connectivity index (χ3n) is 7.62. The van der Waals surface area contributed by atoms with Crippen molar-refractivity contribution in [3.05, 3.63) is 0 Å². The van der Waals surface area contributed by atoms with Gasteiger partial charge in [0.15, 0.2) is 0 Å². The molecule has 0 spiro atoms. The molecule has 0 saturated heterocycles. The van der Waals surface area contributed by atoms with E-state index in [0.717, 1.165) is 25.7 Å². The molecule has 4 heteroatoms. The van der Waals surface area contributed by atoms with Crippen LogP contribution in [0.2, 0.25) is 0 Å². The summed E-state index contributed by atoms with van der Waals surface area (Å²) in [6.45, 7) is 4.33. The van der Waals surface area contributed by atoms with Crippen molar-refractivity contribution in [2.75, 3.05) is 6.61 Å². The molecule has 0 aromatic heterocycles. The molecular weight excluding hydrogens is 446 g/mol. The Balaban J connectivity index is 3.54. The van der Waals surface area contributed by atoms with Crippen molar-refractivity contribution in [1.29, 1.82) is 0 Å². The minimum absolute atomic E-state index is 0.0347. The van der Waals surface area contributed by atoms with Gasteiger partial charge in [0.25, 0.3) is 0 Å². The number of amides is 1. The fourth-order valence-corrected chi connectivity index (χ4v) is 5.06. The van der Waals surface area contributed by atoms with Crippen LogP contribution in [0.5, 0.6) is 0 Å². The van der Waals surface area contributed by atoms with Gasteiger partial charge in [-0.3, -0.25) is 4.79 Å². The highest BCUT2D eigenvalue weighted by Crippen LogP contribution is 2.15. The van der Waals surface area contributed by atoms with Gasteiger partial charge in [-0.25, -0.2) is 0 Å². The quantitative estimate of drug-likeness (QED) is 0.0877. The van der Waals surface area contributed by atoms with Gasteiger partial charge in [-0.2, -0.15) is 0 Å². The Morgan fingerprint density at radius 2 is 0.889 bits per heavy atom. The number of carbonyl (C=O) groups is 1. The van der Waals surface area contributed by atoms with E-state index in [0.29, 0.717) is 12.8 Å². The molecule has 0 heterocycles. The SMILES string of the molecule is CCCCCCCCCCCCCCCCC[C@@H](O)[C@H](CO)NC(=O)CCCCCCCCCCC. The van der Waals surface area contributed by atoms with Gasteiger partial charge in [-0.05, 0) is 12.8 Å². The highest BCUT2D eigenvalue weighted by molar-refractivity contribution is 5.76. The first-order valence-corrected chi connectivity index (χ1v) is 16.2. The van der Waals surface area contributed by atoms with Gasteiger partial charge < -0.3 is 15.5 Å². The molecule has 0 aliphatic carbocycles. The summed E-state index contributed by atoms with van der Waals surface area (Å²) in [7, 11) is 0. The lowest BCUT2D eigenvalue weighted by Gasteiger charge is -2.22. The highest BCUT2D eigenvalue weighted by Gasteiger charge is 2.19. The Kier molecular flexibility index (Phi) is 28.5. The standard InChI is InChI=1S/C32H65NO3/c1-3-5-7-9-11-13-14-15-16-17-18-20-21-23-25-27-31(35)30(29-34)33-32(36)28-26-24-22-19-12-10-8-6-4-2/h30-31,34-35H,3-29H2,1-2H3,(H,33,36)/t30-,31+/m0/s1. The van der Waals surface area contributed by atoms with Crippen LogP contribution < -0.4 is 5.32 Å². The van der Waals surface area contributed by atoms with Crippen molar-refractivity contribution in [2.45, 2.75) is 193 Å². The predicted octanol–water partition coefficient (Wildman–Crippen LogP) is 9.01. The first-order valence-electron chi connectivity index (χ1n) is 16.2. The summed E-state index contributed by atoms with van der Waals surface area (Å²) >= 11 is 0. The molecule has 0 aliphatic rings. The number of aliphatic hydroxyl groups excluding tert-OH is 2. The first-order chi connectivity index (χ1) is 17.7. The maximum absolute atomic E-state index is 12.2. The first kappa shape index (κ1) is 35.4. The summed E-state index contributed by atoms with van der Waals surface area (Å²) in [4.78, 5) is 12.2. The molecule has 36 heavy (non-hydrogen) atoms. The molecule has 4 nitrogen and oxygen atoms in total. The van der Waals surface area contributed by atoms with Gasteiger partial charge in [-0.15, -0.1) is 0 Å². The molecular formula is C32H65NO3. The Hall–Kier alpha value is -0.610. The number of rotatable bonds is 29. The summed E-state index contributed by atoms with van der Waals surface area (Å²) < 4.78 is 0. The van der Waals surface area contributed by atoms with E-state index in [9.17, 15) is 15.0 Å². The maximum Gasteiger partial charge on any atom is 0.220 e. The summed E-state index contributed by atoms with van der Waals surface area (Å²) in [6.07, 6.45) is 31.5. The van der Waals surface area contributed by atoms with Gasteiger partial charge in [-0.1, -0.05) is 162 Å². The summed E-state index contributed by atoms with van der Waals surface area (Å²) in [5.41, 5.74) is 0. The van der Waals surface area contributed by atoms with Crippen molar-refractivity contribution in [3.63, 3.8) is 0 Å². The largest absolute Gasteiger partial charge is 0.394 e. The third kappa shape index (κ3) is 25.1. The zero-order chi connectivity index (χ0) is 26.5. The van der Waals surface area contributed by atoms with Gasteiger partial charge in [0.1, 0.15) is 0 Å². The average molecular weight is 512 g/mol. The number of unbranched alkanes of at least 4 members (excludes halogenated alkanes) is 22. The smallest absolute Gasteiger partial charge is 0.220 e. The van der Waals surface area contributed by atoms with Crippen molar-refractivity contribution in [1.82, 2.24) is 5.32 Å². The third-order valence-corrected chi connectivity index (χ3v) is 7.62. The van der Waals surface area contributed by atoms with E-state index in [1.165, 1.54) is 128 Å². The molecule has 0 aliphatic heterocycles. The van der Waals surface area contributed by atoms with E-state index in [2.05, 4.69) is 19.2 Å². The highest BCUT2D eigenvalue weighted by atomic mass is 16.3. The zero-order valence-electron chi connectivity index (χ0n) is 24.5. The second-order valence-corrected chi connectivity index (χ2v) is 11.2. The van der Waals surface area contributed by atoms with Crippen LogP contribution in [0.4, 0.5) is 0 Å². The molecule has 0 aromatic rings. The van der Waals surface area contributed by atoms with Crippen LogP contribution >= 0.6 is 0 Å². The van der Waals surface area contributed by atoms with Crippen LogP contribution in [0.25, 0.3) is 0 Å². The van der Waals surface area contributed by atoms with Gasteiger partial charge in [0, 0.05) is 6.42 Å². The fourth-order valence-electron chi connectivity index (χ4n) is 5.06. The van der Waals surface area contributed by atoms with E-state index in [-0.39, 0.29) is 12.5 Å². The van der Waals surface area contributed by atoms with Crippen LogP contribution in [0.1, 0.15) is 181 Å². The van der Waals surface area contributed by atoms with Crippen LogP contribution in [-0.2, 0) is 4.79 Å².